The van der Waals surface area contributed by atoms with Gasteiger partial charge >= 0.3 is 6.09 Å². The summed E-state index contributed by atoms with van der Waals surface area (Å²) in [7, 11) is 0. The van der Waals surface area contributed by atoms with E-state index < -0.39 is 17.7 Å². The number of anilines is 1. The van der Waals surface area contributed by atoms with Crippen LogP contribution < -0.4 is 11.1 Å². The van der Waals surface area contributed by atoms with Crippen LogP contribution in [-0.2, 0) is 11.3 Å². The molecule has 0 spiro atoms. The molecule has 6 heteroatoms. The number of carbonyl (C=O) groups is 1. The average molecular weight is 332 g/mol. The van der Waals surface area contributed by atoms with Crippen LogP contribution in [-0.4, -0.2) is 12.6 Å². The Morgan fingerprint density at radius 3 is 2.67 bits per heavy atom. The number of hydrogen-bond donors (Lipinski definition) is 2. The molecule has 0 bridgehead atoms. The number of benzene rings is 2. The molecule has 126 valence electrons. The molecule has 2 rings (SSSR count). The van der Waals surface area contributed by atoms with Gasteiger partial charge in [-0.05, 0) is 18.1 Å². The van der Waals surface area contributed by atoms with Crippen molar-refractivity contribution in [3.05, 3.63) is 71.3 Å². The predicted molar refractivity (Wildman–Crippen MR) is 89.1 cm³/mol. The van der Waals surface area contributed by atoms with Gasteiger partial charge in [0.2, 0.25) is 0 Å². The number of hydrogen-bond acceptors (Lipinski definition) is 3. The second-order valence-electron chi connectivity index (χ2n) is 5.07. The van der Waals surface area contributed by atoms with Gasteiger partial charge in [-0.2, -0.15) is 0 Å². The second kappa shape index (κ2) is 8.67. The van der Waals surface area contributed by atoms with Crippen LogP contribution >= 0.6 is 0 Å². The fourth-order valence-corrected chi connectivity index (χ4v) is 1.95. The molecule has 0 unspecified atom stereocenters. The molecule has 0 atom stereocenters. The van der Waals surface area contributed by atoms with Gasteiger partial charge in [-0.3, -0.25) is 0 Å². The first kappa shape index (κ1) is 17.5. The van der Waals surface area contributed by atoms with Crippen molar-refractivity contribution in [3.8, 4) is 0 Å². The summed E-state index contributed by atoms with van der Waals surface area (Å²) >= 11 is 0. The molecule has 1 amide bonds. The van der Waals surface area contributed by atoms with Crippen LogP contribution in [0.3, 0.4) is 0 Å². The summed E-state index contributed by atoms with van der Waals surface area (Å²) < 4.78 is 31.6. The Bertz CT molecular complexity index is 718. The summed E-state index contributed by atoms with van der Waals surface area (Å²) in [6.45, 7) is 0.533. The molecular weight excluding hydrogens is 314 g/mol. The molecule has 0 aliphatic carbocycles. The molecule has 0 radical (unpaired) electrons. The molecule has 0 saturated heterocycles. The Morgan fingerprint density at radius 1 is 1.17 bits per heavy atom. The third-order valence-electron chi connectivity index (χ3n) is 3.21. The number of halogens is 2. The molecule has 2 aromatic carbocycles. The highest BCUT2D eigenvalue weighted by Crippen LogP contribution is 2.17. The monoisotopic (exact) mass is 332 g/mol. The van der Waals surface area contributed by atoms with Gasteiger partial charge < -0.3 is 15.8 Å². The van der Waals surface area contributed by atoms with E-state index in [9.17, 15) is 13.6 Å². The van der Waals surface area contributed by atoms with Crippen molar-refractivity contribution < 1.29 is 18.3 Å². The normalized spacial score (nSPS) is 10.8. The minimum absolute atomic E-state index is 0.112. The van der Waals surface area contributed by atoms with E-state index in [0.717, 1.165) is 11.6 Å². The van der Waals surface area contributed by atoms with Crippen LogP contribution in [0.25, 0.3) is 6.08 Å². The summed E-state index contributed by atoms with van der Waals surface area (Å²) in [5.41, 5.74) is 6.37. The van der Waals surface area contributed by atoms with E-state index in [4.69, 9.17) is 10.5 Å². The van der Waals surface area contributed by atoms with Gasteiger partial charge in [-0.1, -0.05) is 42.5 Å². The standard InChI is InChI=1S/C18H18F2N2O2/c19-15-11-16(20)17(21)10-14(15)8-4-5-9-22-18(23)24-12-13-6-2-1-3-7-13/h1-4,6-8,10-11H,5,9,12,21H2,(H,22,23). The average Bonchev–Trinajstić information content (AvgIpc) is 2.58. The first-order chi connectivity index (χ1) is 11.6. The molecule has 0 aromatic heterocycles. The lowest BCUT2D eigenvalue weighted by molar-refractivity contribution is 0.140. The lowest BCUT2D eigenvalue weighted by Gasteiger charge is -2.06. The number of carbonyl (C=O) groups excluding carboxylic acids is 1. The van der Waals surface area contributed by atoms with Gasteiger partial charge in [0, 0.05) is 18.2 Å². The van der Waals surface area contributed by atoms with Crippen molar-refractivity contribution in [1.82, 2.24) is 5.32 Å². The van der Waals surface area contributed by atoms with Gasteiger partial charge in [0.05, 0.1) is 5.69 Å². The number of nitrogens with one attached hydrogen (secondary N) is 1. The number of amides is 1. The Balaban J connectivity index is 1.70. The first-order valence-electron chi connectivity index (χ1n) is 7.42. The maximum absolute atomic E-state index is 13.5. The lowest BCUT2D eigenvalue weighted by atomic mass is 10.1. The van der Waals surface area contributed by atoms with Crippen LogP contribution in [0.5, 0.6) is 0 Å². The smallest absolute Gasteiger partial charge is 0.407 e. The van der Waals surface area contributed by atoms with E-state index >= 15 is 0 Å². The van der Waals surface area contributed by atoms with E-state index in [1.165, 1.54) is 12.1 Å². The lowest BCUT2D eigenvalue weighted by Crippen LogP contribution is -2.24. The number of alkyl carbamates (subject to hydrolysis) is 1. The number of rotatable bonds is 6. The minimum atomic E-state index is -0.785. The highest BCUT2D eigenvalue weighted by atomic mass is 19.1. The molecule has 0 aliphatic rings. The maximum Gasteiger partial charge on any atom is 0.407 e. The molecular formula is C18H18F2N2O2. The number of ether oxygens (including phenoxy) is 1. The van der Waals surface area contributed by atoms with Gasteiger partial charge in [-0.25, -0.2) is 13.6 Å². The van der Waals surface area contributed by atoms with E-state index in [2.05, 4.69) is 5.32 Å². The van der Waals surface area contributed by atoms with Gasteiger partial charge in [-0.15, -0.1) is 0 Å². The molecule has 3 N–H and O–H groups in total. The number of nitrogens with two attached hydrogens (primary N) is 1. The van der Waals surface area contributed by atoms with Crippen molar-refractivity contribution in [1.29, 1.82) is 0 Å². The zero-order chi connectivity index (χ0) is 17.4. The van der Waals surface area contributed by atoms with E-state index in [1.807, 2.05) is 30.3 Å². The summed E-state index contributed by atoms with van der Waals surface area (Å²) in [5, 5.41) is 2.58. The quantitative estimate of drug-likeness (QED) is 0.623. The SMILES string of the molecule is Nc1cc(C=CCCNC(=O)OCc2ccccc2)c(F)cc1F. The van der Waals surface area contributed by atoms with Gasteiger partial charge in [0.15, 0.2) is 0 Å². The molecule has 0 fully saturated rings. The summed E-state index contributed by atoms with van der Waals surface area (Å²) in [6, 6.07) is 11.3. The topological polar surface area (TPSA) is 64.3 Å². The van der Waals surface area contributed by atoms with Crippen LogP contribution in [0, 0.1) is 11.6 Å². The van der Waals surface area contributed by atoms with E-state index in [0.29, 0.717) is 13.0 Å². The third kappa shape index (κ3) is 5.39. The highest BCUT2D eigenvalue weighted by molar-refractivity contribution is 5.67. The molecule has 24 heavy (non-hydrogen) atoms. The van der Waals surface area contributed by atoms with Crippen molar-refractivity contribution >= 4 is 17.9 Å². The number of nitrogen functional groups attached to an aromatic ring is 1. The molecule has 0 saturated carbocycles. The van der Waals surface area contributed by atoms with E-state index in [1.54, 1.807) is 6.08 Å². The fourth-order valence-electron chi connectivity index (χ4n) is 1.95. The first-order valence-corrected chi connectivity index (χ1v) is 7.42. The summed E-state index contributed by atoms with van der Waals surface area (Å²) in [5.74, 6) is -1.47. The Labute approximate surface area is 138 Å². The van der Waals surface area contributed by atoms with Gasteiger partial charge in [0.1, 0.15) is 18.2 Å². The fraction of sp³-hybridized carbons (Fsp3) is 0.167. The molecule has 4 nitrogen and oxygen atoms in total. The zero-order valence-corrected chi connectivity index (χ0v) is 13.0. The Hall–Kier alpha value is -2.89. The Kier molecular flexibility index (Phi) is 6.31. The zero-order valence-electron chi connectivity index (χ0n) is 13.0. The van der Waals surface area contributed by atoms with Crippen LogP contribution in [0.2, 0.25) is 0 Å². The van der Waals surface area contributed by atoms with Crippen molar-refractivity contribution in [3.63, 3.8) is 0 Å². The minimum Gasteiger partial charge on any atom is -0.445 e. The molecule has 0 heterocycles. The summed E-state index contributed by atoms with van der Waals surface area (Å²) in [4.78, 5) is 11.5. The van der Waals surface area contributed by atoms with Crippen LogP contribution in [0.15, 0.2) is 48.5 Å². The van der Waals surface area contributed by atoms with Gasteiger partial charge in [0.25, 0.3) is 0 Å². The maximum atomic E-state index is 13.5. The van der Waals surface area contributed by atoms with Crippen LogP contribution in [0.4, 0.5) is 19.3 Å². The van der Waals surface area contributed by atoms with Crippen molar-refractivity contribution in [2.45, 2.75) is 13.0 Å². The molecule has 2 aromatic rings. The van der Waals surface area contributed by atoms with Crippen molar-refractivity contribution in [2.75, 3.05) is 12.3 Å². The second-order valence-corrected chi connectivity index (χ2v) is 5.07. The van der Waals surface area contributed by atoms with E-state index in [-0.39, 0.29) is 17.9 Å². The summed E-state index contributed by atoms with van der Waals surface area (Å²) in [6.07, 6.45) is 3.09. The largest absolute Gasteiger partial charge is 0.445 e. The highest BCUT2D eigenvalue weighted by Gasteiger charge is 2.05. The van der Waals surface area contributed by atoms with Crippen LogP contribution in [0.1, 0.15) is 17.5 Å². The Morgan fingerprint density at radius 2 is 1.92 bits per heavy atom. The third-order valence-corrected chi connectivity index (χ3v) is 3.21. The predicted octanol–water partition coefficient (Wildman–Crippen LogP) is 3.88. The van der Waals surface area contributed by atoms with Crippen molar-refractivity contribution in [2.24, 2.45) is 0 Å². The molecule has 0 aliphatic heterocycles.